The molecule has 1 atom stereocenters. The maximum Gasteiger partial charge on any atom is 0.262 e. The van der Waals surface area contributed by atoms with Crippen LogP contribution < -0.4 is 20.4 Å². The zero-order valence-corrected chi connectivity index (χ0v) is 24.0. The van der Waals surface area contributed by atoms with Crippen LogP contribution in [0, 0.1) is 12.7 Å². The van der Waals surface area contributed by atoms with Crippen LogP contribution in [0.2, 0.25) is 0 Å². The second-order valence-corrected chi connectivity index (χ2v) is 11.0. The molecule has 10 heteroatoms. The highest BCUT2D eigenvalue weighted by Gasteiger charge is 2.32. The van der Waals surface area contributed by atoms with Crippen LogP contribution in [0.3, 0.4) is 0 Å². The van der Waals surface area contributed by atoms with Crippen LogP contribution in [-0.2, 0) is 4.74 Å². The van der Waals surface area contributed by atoms with Crippen molar-refractivity contribution < 1.29 is 13.9 Å². The monoisotopic (exact) mass is 569 g/mol. The number of nitrogens with zero attached hydrogens (tertiary/aromatic N) is 5. The number of hydrogen-bond acceptors (Lipinski definition) is 8. The zero-order chi connectivity index (χ0) is 29.1. The third kappa shape index (κ3) is 5.77. The lowest BCUT2D eigenvalue weighted by atomic mass is 10.0. The lowest BCUT2D eigenvalue weighted by Crippen LogP contribution is -2.49. The number of aryl methyl sites for hydroxylation is 1. The molecule has 0 spiro atoms. The number of pyridine rings is 1. The van der Waals surface area contributed by atoms with Crippen LogP contribution in [0.4, 0.5) is 27.7 Å². The molecule has 2 aliphatic heterocycles. The second kappa shape index (κ2) is 12.4. The third-order valence-corrected chi connectivity index (χ3v) is 8.26. The average molecular weight is 570 g/mol. The Kier molecular flexibility index (Phi) is 8.25. The minimum Gasteiger partial charge on any atom is -0.381 e. The fourth-order valence-corrected chi connectivity index (χ4v) is 5.99. The number of halogens is 1. The van der Waals surface area contributed by atoms with E-state index in [2.05, 4.69) is 30.5 Å². The molecule has 2 saturated heterocycles. The molecule has 2 aliphatic rings. The Morgan fingerprint density at radius 1 is 1.10 bits per heavy atom. The highest BCUT2D eigenvalue weighted by molar-refractivity contribution is 6.11. The van der Waals surface area contributed by atoms with Crippen molar-refractivity contribution in [1.82, 2.24) is 20.3 Å². The Bertz CT molecular complexity index is 1560. The lowest BCUT2D eigenvalue weighted by Gasteiger charge is -2.35. The molecule has 0 unspecified atom stereocenters. The van der Waals surface area contributed by atoms with Gasteiger partial charge in [0.05, 0.1) is 17.7 Å². The molecule has 4 aromatic rings. The van der Waals surface area contributed by atoms with Crippen molar-refractivity contribution in [2.24, 2.45) is 0 Å². The van der Waals surface area contributed by atoms with Crippen LogP contribution >= 0.6 is 0 Å². The fraction of sp³-hybridized carbons (Fsp3) is 0.375. The average Bonchev–Trinajstić information content (AvgIpc) is 3.02. The maximum absolute atomic E-state index is 15.7. The van der Waals surface area contributed by atoms with E-state index in [0.29, 0.717) is 24.0 Å². The van der Waals surface area contributed by atoms with E-state index in [1.807, 2.05) is 37.3 Å². The zero-order valence-electron chi connectivity index (χ0n) is 24.0. The summed E-state index contributed by atoms with van der Waals surface area (Å²) in [5.74, 6) is 0.710. The molecule has 6 rings (SSSR count). The van der Waals surface area contributed by atoms with Gasteiger partial charge in [0, 0.05) is 50.2 Å². The minimum absolute atomic E-state index is 0.00538. The van der Waals surface area contributed by atoms with E-state index in [4.69, 9.17) is 4.74 Å². The first-order chi connectivity index (χ1) is 20.5. The molecule has 0 saturated carbocycles. The van der Waals surface area contributed by atoms with Gasteiger partial charge in [-0.2, -0.15) is 4.98 Å². The molecular weight excluding hydrogens is 533 g/mol. The Morgan fingerprint density at radius 2 is 1.93 bits per heavy atom. The van der Waals surface area contributed by atoms with E-state index in [0.717, 1.165) is 67.5 Å². The molecule has 9 nitrogen and oxygen atoms in total. The summed E-state index contributed by atoms with van der Waals surface area (Å²) in [6.45, 7) is 5.21. The Hall–Kier alpha value is -4.15. The van der Waals surface area contributed by atoms with Crippen molar-refractivity contribution >= 4 is 40.0 Å². The topological polar surface area (TPSA) is 95.5 Å². The smallest absolute Gasteiger partial charge is 0.262 e. The second-order valence-electron chi connectivity index (χ2n) is 11.0. The van der Waals surface area contributed by atoms with Crippen molar-refractivity contribution in [3.63, 3.8) is 0 Å². The van der Waals surface area contributed by atoms with Crippen LogP contribution in [0.5, 0.6) is 0 Å². The molecule has 2 N–H and O–H groups in total. The molecule has 218 valence electrons. The van der Waals surface area contributed by atoms with E-state index in [1.165, 1.54) is 12.1 Å². The summed E-state index contributed by atoms with van der Waals surface area (Å²) in [6.07, 6.45) is 7.28. The van der Waals surface area contributed by atoms with Crippen molar-refractivity contribution in [3.8, 4) is 0 Å². The maximum atomic E-state index is 15.7. The van der Waals surface area contributed by atoms with Crippen LogP contribution in [0.15, 0.2) is 60.9 Å². The van der Waals surface area contributed by atoms with Gasteiger partial charge in [-0.05, 0) is 80.4 Å². The highest BCUT2D eigenvalue weighted by Crippen LogP contribution is 2.32. The summed E-state index contributed by atoms with van der Waals surface area (Å²) < 4.78 is 21.2. The molecule has 42 heavy (non-hydrogen) atoms. The summed E-state index contributed by atoms with van der Waals surface area (Å²) >= 11 is 0. The lowest BCUT2D eigenvalue weighted by molar-refractivity contribution is 0.0818. The quantitative estimate of drug-likeness (QED) is 0.313. The molecular formula is C32H36FN7O2. The van der Waals surface area contributed by atoms with Crippen molar-refractivity contribution in [1.29, 1.82) is 0 Å². The first kappa shape index (κ1) is 28.0. The van der Waals surface area contributed by atoms with Crippen LogP contribution in [-0.4, -0.2) is 66.3 Å². The summed E-state index contributed by atoms with van der Waals surface area (Å²) in [5, 5.41) is 8.39. The van der Waals surface area contributed by atoms with Gasteiger partial charge in [0.25, 0.3) is 5.91 Å². The first-order valence-electron chi connectivity index (χ1n) is 14.6. The predicted octanol–water partition coefficient (Wildman–Crippen LogP) is 5.23. The van der Waals surface area contributed by atoms with E-state index in [1.54, 1.807) is 30.5 Å². The number of carbonyl (C=O) groups is 1. The van der Waals surface area contributed by atoms with E-state index >= 15 is 4.39 Å². The first-order valence-corrected chi connectivity index (χ1v) is 14.6. The molecule has 2 aromatic heterocycles. The van der Waals surface area contributed by atoms with E-state index in [9.17, 15) is 4.79 Å². The largest absolute Gasteiger partial charge is 0.381 e. The van der Waals surface area contributed by atoms with Gasteiger partial charge in [-0.1, -0.05) is 18.2 Å². The van der Waals surface area contributed by atoms with Crippen molar-refractivity contribution in [3.05, 3.63) is 77.9 Å². The number of carbonyl (C=O) groups excluding carboxylic acids is 1. The van der Waals surface area contributed by atoms with Crippen molar-refractivity contribution in [2.45, 2.75) is 44.8 Å². The minimum atomic E-state index is -0.617. The standard InChI is InChI=1S/C32H36FN7O2/c1-21-5-3-6-22-10-15-35-30(29(21)22)40(24-7-4-14-34-20-24)31(41)26-9-8-23(19-27(26)33)37-32-36-16-11-28(38-32)39-17-12-25(42-2)13-18-39/h3,5-6,8-11,15-16,19,24-25,34H,4,7,12-14,17-18,20H2,1-2H3,(H,36,37,38)/t24-/m1/s1. The van der Waals surface area contributed by atoms with Gasteiger partial charge >= 0.3 is 0 Å². The number of anilines is 4. The number of ether oxygens (including phenoxy) is 1. The Morgan fingerprint density at radius 3 is 2.69 bits per heavy atom. The van der Waals surface area contributed by atoms with Gasteiger partial charge in [0.2, 0.25) is 5.95 Å². The summed E-state index contributed by atoms with van der Waals surface area (Å²) in [6, 6.07) is 14.2. The van der Waals surface area contributed by atoms with Gasteiger partial charge in [0.15, 0.2) is 0 Å². The number of hydrogen-bond donors (Lipinski definition) is 2. The number of fused-ring (bicyclic) bond motifs is 1. The third-order valence-electron chi connectivity index (χ3n) is 8.26. The highest BCUT2D eigenvalue weighted by atomic mass is 19.1. The van der Waals surface area contributed by atoms with E-state index < -0.39 is 11.7 Å². The molecule has 0 aliphatic carbocycles. The number of piperidine rings is 2. The molecule has 4 heterocycles. The Labute approximate surface area is 245 Å². The molecule has 1 amide bonds. The summed E-state index contributed by atoms with van der Waals surface area (Å²) in [4.78, 5) is 31.6. The van der Waals surface area contributed by atoms with Gasteiger partial charge in [-0.15, -0.1) is 0 Å². The number of rotatable bonds is 7. The number of benzene rings is 2. The van der Waals surface area contributed by atoms with Gasteiger partial charge in [0.1, 0.15) is 17.5 Å². The molecule has 0 radical (unpaired) electrons. The number of amides is 1. The number of nitrogens with one attached hydrogen (secondary N) is 2. The predicted molar refractivity (Wildman–Crippen MR) is 163 cm³/mol. The van der Waals surface area contributed by atoms with Crippen LogP contribution in [0.25, 0.3) is 10.8 Å². The number of methoxy groups -OCH3 is 1. The van der Waals surface area contributed by atoms with Crippen molar-refractivity contribution in [2.75, 3.05) is 48.4 Å². The van der Waals surface area contributed by atoms with E-state index in [-0.39, 0.29) is 17.7 Å². The van der Waals surface area contributed by atoms with Gasteiger partial charge in [-0.3, -0.25) is 9.69 Å². The van der Waals surface area contributed by atoms with Gasteiger partial charge in [-0.25, -0.2) is 14.4 Å². The SMILES string of the molecule is COC1CCN(c2ccnc(Nc3ccc(C(=O)N(c4nccc5cccc(C)c45)[C@@H]4CCCNC4)c(F)c3)n2)CC1. The normalized spacial score (nSPS) is 17.8. The van der Waals surface area contributed by atoms with Crippen LogP contribution in [0.1, 0.15) is 41.6 Å². The molecule has 0 bridgehead atoms. The van der Waals surface area contributed by atoms with Gasteiger partial charge < -0.3 is 20.3 Å². The summed E-state index contributed by atoms with van der Waals surface area (Å²) in [5.41, 5.74) is 1.47. The number of aromatic nitrogens is 3. The molecule has 2 fully saturated rings. The summed E-state index contributed by atoms with van der Waals surface area (Å²) in [7, 11) is 1.75. The molecule has 2 aromatic carbocycles. The Balaban J connectivity index is 1.26. The fourth-order valence-electron chi connectivity index (χ4n) is 5.99.